The molecule has 0 bridgehead atoms. The van der Waals surface area contributed by atoms with Gasteiger partial charge in [-0.05, 0) is 25.0 Å². The van der Waals surface area contributed by atoms with Gasteiger partial charge in [0.2, 0.25) is 10.0 Å². The van der Waals surface area contributed by atoms with Gasteiger partial charge in [0.1, 0.15) is 4.90 Å². The highest BCUT2D eigenvalue weighted by Crippen LogP contribution is 2.34. The summed E-state index contributed by atoms with van der Waals surface area (Å²) in [5.41, 5.74) is -0.938. The Morgan fingerprint density at radius 3 is 2.50 bits per heavy atom. The van der Waals surface area contributed by atoms with Gasteiger partial charge < -0.3 is 5.11 Å². The zero-order chi connectivity index (χ0) is 15.0. The Bertz CT molecular complexity index is 598. The summed E-state index contributed by atoms with van der Waals surface area (Å²) in [5.74, 6) is 0. The van der Waals surface area contributed by atoms with E-state index in [4.69, 9.17) is 23.2 Å². The molecule has 20 heavy (non-hydrogen) atoms. The topological polar surface area (TPSA) is 57.6 Å². The van der Waals surface area contributed by atoms with Crippen LogP contribution in [0.3, 0.4) is 0 Å². The molecule has 0 aromatic heterocycles. The fourth-order valence-electron chi connectivity index (χ4n) is 2.54. The quantitative estimate of drug-likeness (QED) is 0.918. The number of benzene rings is 1. The molecule has 4 nitrogen and oxygen atoms in total. The highest BCUT2D eigenvalue weighted by atomic mass is 35.5. The first-order valence-electron chi connectivity index (χ1n) is 6.39. The Morgan fingerprint density at radius 2 is 1.90 bits per heavy atom. The van der Waals surface area contributed by atoms with E-state index < -0.39 is 15.6 Å². The third-order valence-corrected chi connectivity index (χ3v) is 6.43. The van der Waals surface area contributed by atoms with Crippen LogP contribution in [-0.2, 0) is 10.0 Å². The van der Waals surface area contributed by atoms with Crippen molar-refractivity contribution in [2.24, 2.45) is 0 Å². The van der Waals surface area contributed by atoms with Crippen molar-refractivity contribution in [1.82, 2.24) is 4.31 Å². The predicted molar refractivity (Wildman–Crippen MR) is 79.7 cm³/mol. The third kappa shape index (κ3) is 3.12. The lowest BCUT2D eigenvalue weighted by molar-refractivity contribution is 0.0333. The Hall–Kier alpha value is -0.330. The van der Waals surface area contributed by atoms with Gasteiger partial charge in [-0.25, -0.2) is 8.42 Å². The van der Waals surface area contributed by atoms with Crippen molar-refractivity contribution >= 4 is 33.2 Å². The minimum atomic E-state index is -3.76. The lowest BCUT2D eigenvalue weighted by atomic mass is 10.0. The molecule has 1 aliphatic rings. The van der Waals surface area contributed by atoms with E-state index in [1.165, 1.54) is 19.2 Å². The van der Waals surface area contributed by atoms with Gasteiger partial charge >= 0.3 is 0 Å². The molecule has 1 fully saturated rings. The van der Waals surface area contributed by atoms with Crippen LogP contribution in [-0.4, -0.2) is 37.0 Å². The zero-order valence-corrected chi connectivity index (χ0v) is 13.5. The molecule has 1 aromatic carbocycles. The molecule has 112 valence electrons. The van der Waals surface area contributed by atoms with Crippen LogP contribution in [0, 0.1) is 0 Å². The van der Waals surface area contributed by atoms with Crippen molar-refractivity contribution in [3.8, 4) is 0 Å². The second kappa shape index (κ2) is 5.81. The second-order valence-corrected chi connectivity index (χ2v) is 8.04. The standard InChI is InChI=1S/C13H17Cl2NO3S/c1-16(9-13(17)7-2-3-8-13)20(18,19)11-6-4-5-10(14)12(11)15/h4-6,17H,2-3,7-9H2,1H3. The predicted octanol–water partition coefficient (Wildman–Crippen LogP) is 2.92. The number of hydrogen-bond donors (Lipinski definition) is 1. The SMILES string of the molecule is CN(CC1(O)CCCC1)S(=O)(=O)c1cccc(Cl)c1Cl. The van der Waals surface area contributed by atoms with E-state index >= 15 is 0 Å². The van der Waals surface area contributed by atoms with E-state index in [1.54, 1.807) is 6.07 Å². The van der Waals surface area contributed by atoms with Crippen molar-refractivity contribution in [3.63, 3.8) is 0 Å². The minimum absolute atomic E-state index is 0.0134. The summed E-state index contributed by atoms with van der Waals surface area (Å²) in [7, 11) is -2.31. The summed E-state index contributed by atoms with van der Waals surface area (Å²) in [6.45, 7) is 0.0676. The van der Waals surface area contributed by atoms with E-state index in [-0.39, 0.29) is 21.5 Å². The molecular weight excluding hydrogens is 321 g/mol. The molecule has 2 rings (SSSR count). The van der Waals surface area contributed by atoms with E-state index in [0.29, 0.717) is 12.8 Å². The first-order valence-corrected chi connectivity index (χ1v) is 8.59. The van der Waals surface area contributed by atoms with Crippen LogP contribution in [0.4, 0.5) is 0 Å². The van der Waals surface area contributed by atoms with Crippen LogP contribution < -0.4 is 0 Å². The molecule has 0 heterocycles. The van der Waals surface area contributed by atoms with Crippen LogP contribution in [0.15, 0.2) is 23.1 Å². The van der Waals surface area contributed by atoms with Crippen molar-refractivity contribution < 1.29 is 13.5 Å². The molecule has 0 saturated heterocycles. The Morgan fingerprint density at radius 1 is 1.30 bits per heavy atom. The number of nitrogens with zero attached hydrogens (tertiary/aromatic N) is 1. The Kier molecular flexibility index (Phi) is 4.66. The molecule has 7 heteroatoms. The van der Waals surface area contributed by atoms with E-state index in [0.717, 1.165) is 17.1 Å². The first kappa shape index (κ1) is 16.0. The van der Waals surface area contributed by atoms with Crippen LogP contribution in [0.25, 0.3) is 0 Å². The summed E-state index contributed by atoms with van der Waals surface area (Å²) in [5, 5.41) is 10.5. The largest absolute Gasteiger partial charge is 0.389 e. The molecule has 1 N–H and O–H groups in total. The molecule has 0 atom stereocenters. The van der Waals surface area contributed by atoms with Crippen LogP contribution in [0.1, 0.15) is 25.7 Å². The molecule has 0 radical (unpaired) electrons. The lowest BCUT2D eigenvalue weighted by Crippen LogP contribution is -2.42. The third-order valence-electron chi connectivity index (χ3n) is 3.66. The fourth-order valence-corrected chi connectivity index (χ4v) is 4.52. The summed E-state index contributed by atoms with van der Waals surface area (Å²) < 4.78 is 26.2. The van der Waals surface area contributed by atoms with Crippen LogP contribution in [0.5, 0.6) is 0 Å². The van der Waals surface area contributed by atoms with Gasteiger partial charge in [0.25, 0.3) is 0 Å². The summed E-state index contributed by atoms with van der Waals surface area (Å²) in [4.78, 5) is -0.0317. The van der Waals surface area contributed by atoms with E-state index in [1.807, 2.05) is 0 Å². The van der Waals surface area contributed by atoms with E-state index in [2.05, 4.69) is 0 Å². The summed E-state index contributed by atoms with van der Waals surface area (Å²) in [6.07, 6.45) is 3.08. The number of likely N-dealkylation sites (N-methyl/N-ethyl adjacent to an activating group) is 1. The van der Waals surface area contributed by atoms with Crippen LogP contribution >= 0.6 is 23.2 Å². The highest BCUT2D eigenvalue weighted by molar-refractivity contribution is 7.89. The maximum atomic E-state index is 12.5. The van der Waals surface area contributed by atoms with E-state index in [9.17, 15) is 13.5 Å². The number of sulfonamides is 1. The van der Waals surface area contributed by atoms with Crippen molar-refractivity contribution in [1.29, 1.82) is 0 Å². The second-order valence-electron chi connectivity index (χ2n) is 5.24. The Balaban J connectivity index is 2.28. The zero-order valence-electron chi connectivity index (χ0n) is 11.1. The molecule has 1 aliphatic carbocycles. The molecule has 0 spiro atoms. The number of aliphatic hydroxyl groups is 1. The number of hydrogen-bond acceptors (Lipinski definition) is 3. The van der Waals surface area contributed by atoms with Gasteiger partial charge in [0, 0.05) is 13.6 Å². The van der Waals surface area contributed by atoms with Gasteiger partial charge in [0.15, 0.2) is 0 Å². The maximum absolute atomic E-state index is 12.5. The van der Waals surface area contributed by atoms with Gasteiger partial charge in [-0.2, -0.15) is 4.31 Å². The summed E-state index contributed by atoms with van der Waals surface area (Å²) >= 11 is 11.8. The molecule has 0 amide bonds. The highest BCUT2D eigenvalue weighted by Gasteiger charge is 2.36. The molecule has 0 aliphatic heterocycles. The minimum Gasteiger partial charge on any atom is -0.389 e. The average molecular weight is 338 g/mol. The van der Waals surface area contributed by atoms with Gasteiger partial charge in [-0.3, -0.25) is 0 Å². The van der Waals surface area contributed by atoms with Gasteiger partial charge in [-0.15, -0.1) is 0 Å². The number of halogens is 2. The maximum Gasteiger partial charge on any atom is 0.244 e. The average Bonchev–Trinajstić information content (AvgIpc) is 2.79. The van der Waals surface area contributed by atoms with Crippen molar-refractivity contribution in [2.75, 3.05) is 13.6 Å². The lowest BCUT2D eigenvalue weighted by Gasteiger charge is -2.28. The van der Waals surface area contributed by atoms with Crippen LogP contribution in [0.2, 0.25) is 10.0 Å². The normalized spacial score (nSPS) is 18.6. The molecule has 0 unspecified atom stereocenters. The molecule has 1 aromatic rings. The summed E-state index contributed by atoms with van der Waals surface area (Å²) in [6, 6.07) is 4.49. The smallest absolute Gasteiger partial charge is 0.244 e. The van der Waals surface area contributed by atoms with Crippen molar-refractivity contribution in [3.05, 3.63) is 28.2 Å². The van der Waals surface area contributed by atoms with Gasteiger partial charge in [-0.1, -0.05) is 42.1 Å². The molecule has 1 saturated carbocycles. The Labute approximate surface area is 129 Å². The monoisotopic (exact) mass is 337 g/mol. The fraction of sp³-hybridized carbons (Fsp3) is 0.538. The van der Waals surface area contributed by atoms with Crippen molar-refractivity contribution in [2.45, 2.75) is 36.2 Å². The molecular formula is C13H17Cl2NO3S. The number of rotatable bonds is 4. The first-order chi connectivity index (χ1) is 9.26. The van der Waals surface area contributed by atoms with Gasteiger partial charge in [0.05, 0.1) is 15.6 Å².